The van der Waals surface area contributed by atoms with Crippen molar-refractivity contribution >= 4 is 11.6 Å². The standard InChI is InChI=1S/C19H21FN2O2/c1-24-18-8-7-16(20)13-15(18)14-19(23)22-11-9-21(10-12-22)17-5-3-2-4-6-17/h2-8,13H,9-12,14H2,1H3. The van der Waals surface area contributed by atoms with Gasteiger partial charge in [0.1, 0.15) is 11.6 Å². The highest BCUT2D eigenvalue weighted by molar-refractivity contribution is 5.79. The van der Waals surface area contributed by atoms with E-state index in [1.807, 2.05) is 23.1 Å². The van der Waals surface area contributed by atoms with E-state index in [1.165, 1.54) is 24.9 Å². The van der Waals surface area contributed by atoms with Crippen LogP contribution in [-0.4, -0.2) is 44.1 Å². The van der Waals surface area contributed by atoms with Gasteiger partial charge in [-0.3, -0.25) is 4.79 Å². The summed E-state index contributed by atoms with van der Waals surface area (Å²) in [7, 11) is 1.53. The molecule has 1 aliphatic heterocycles. The van der Waals surface area contributed by atoms with Crippen molar-refractivity contribution in [3.05, 3.63) is 59.9 Å². The molecule has 2 aromatic rings. The number of methoxy groups -OCH3 is 1. The summed E-state index contributed by atoms with van der Waals surface area (Å²) in [6.45, 7) is 2.95. The molecule has 0 N–H and O–H groups in total. The van der Waals surface area contributed by atoms with Crippen molar-refractivity contribution in [1.29, 1.82) is 0 Å². The van der Waals surface area contributed by atoms with Gasteiger partial charge in [0.15, 0.2) is 0 Å². The van der Waals surface area contributed by atoms with Crippen LogP contribution in [0.3, 0.4) is 0 Å². The molecule has 0 radical (unpaired) electrons. The topological polar surface area (TPSA) is 32.8 Å². The van der Waals surface area contributed by atoms with Crippen LogP contribution < -0.4 is 9.64 Å². The highest BCUT2D eigenvalue weighted by Crippen LogP contribution is 2.21. The molecule has 0 spiro atoms. The van der Waals surface area contributed by atoms with Gasteiger partial charge >= 0.3 is 0 Å². The summed E-state index contributed by atoms with van der Waals surface area (Å²) >= 11 is 0. The Morgan fingerprint density at radius 2 is 1.79 bits per heavy atom. The predicted octanol–water partition coefficient (Wildman–Crippen LogP) is 2.73. The largest absolute Gasteiger partial charge is 0.496 e. The Hall–Kier alpha value is -2.56. The number of piperazine rings is 1. The zero-order valence-corrected chi connectivity index (χ0v) is 13.7. The molecule has 1 saturated heterocycles. The van der Waals surface area contributed by atoms with Crippen molar-refractivity contribution in [2.45, 2.75) is 6.42 Å². The van der Waals surface area contributed by atoms with E-state index in [1.54, 1.807) is 6.07 Å². The van der Waals surface area contributed by atoms with Gasteiger partial charge in [-0.15, -0.1) is 0 Å². The van der Waals surface area contributed by atoms with Crippen molar-refractivity contribution in [2.24, 2.45) is 0 Å². The van der Waals surface area contributed by atoms with Crippen LogP contribution in [0.25, 0.3) is 0 Å². The maximum Gasteiger partial charge on any atom is 0.227 e. The lowest BCUT2D eigenvalue weighted by Gasteiger charge is -2.36. The number of anilines is 1. The van der Waals surface area contributed by atoms with Gasteiger partial charge in [-0.2, -0.15) is 0 Å². The lowest BCUT2D eigenvalue weighted by atomic mass is 10.1. The normalized spacial score (nSPS) is 14.6. The second-order valence-corrected chi connectivity index (χ2v) is 5.84. The zero-order chi connectivity index (χ0) is 16.9. The molecule has 24 heavy (non-hydrogen) atoms. The number of ether oxygens (including phenoxy) is 1. The molecular weight excluding hydrogens is 307 g/mol. The Bertz CT molecular complexity index is 698. The van der Waals surface area contributed by atoms with Crippen molar-refractivity contribution in [3.8, 4) is 5.75 Å². The number of rotatable bonds is 4. The number of nitrogens with zero attached hydrogens (tertiary/aromatic N) is 2. The molecule has 126 valence electrons. The van der Waals surface area contributed by atoms with Crippen LogP contribution >= 0.6 is 0 Å². The molecule has 3 rings (SSSR count). The first-order valence-corrected chi connectivity index (χ1v) is 8.07. The molecule has 1 aliphatic rings. The second-order valence-electron chi connectivity index (χ2n) is 5.84. The average molecular weight is 328 g/mol. The van der Waals surface area contributed by atoms with E-state index in [4.69, 9.17) is 4.74 Å². The van der Waals surface area contributed by atoms with Gasteiger partial charge in [-0.05, 0) is 30.3 Å². The average Bonchev–Trinajstić information content (AvgIpc) is 2.63. The number of halogens is 1. The fourth-order valence-electron chi connectivity index (χ4n) is 3.01. The summed E-state index contributed by atoms with van der Waals surface area (Å²) in [5.41, 5.74) is 1.77. The Kier molecular flexibility index (Phi) is 4.99. The van der Waals surface area contributed by atoms with E-state index in [0.717, 1.165) is 13.1 Å². The maximum atomic E-state index is 13.4. The molecule has 4 nitrogen and oxygen atoms in total. The molecule has 0 aliphatic carbocycles. The SMILES string of the molecule is COc1ccc(F)cc1CC(=O)N1CCN(c2ccccc2)CC1. The van der Waals surface area contributed by atoms with E-state index < -0.39 is 0 Å². The van der Waals surface area contributed by atoms with Crippen molar-refractivity contribution in [2.75, 3.05) is 38.2 Å². The minimum absolute atomic E-state index is 0.00612. The van der Waals surface area contributed by atoms with Crippen molar-refractivity contribution < 1.29 is 13.9 Å². The number of carbonyl (C=O) groups is 1. The molecular formula is C19H21FN2O2. The summed E-state index contributed by atoms with van der Waals surface area (Å²) in [5, 5.41) is 0. The minimum atomic E-state index is -0.354. The second kappa shape index (κ2) is 7.34. The molecule has 0 atom stereocenters. The predicted molar refractivity (Wildman–Crippen MR) is 91.9 cm³/mol. The zero-order valence-electron chi connectivity index (χ0n) is 13.7. The first kappa shape index (κ1) is 16.3. The molecule has 1 amide bonds. The summed E-state index contributed by atoms with van der Waals surface area (Å²) in [4.78, 5) is 16.6. The van der Waals surface area contributed by atoms with E-state index in [-0.39, 0.29) is 18.1 Å². The van der Waals surface area contributed by atoms with Gasteiger partial charge in [0.2, 0.25) is 5.91 Å². The van der Waals surface area contributed by atoms with Crippen molar-refractivity contribution in [1.82, 2.24) is 4.90 Å². The number of benzene rings is 2. The summed E-state index contributed by atoms with van der Waals surface area (Å²) in [5.74, 6) is 0.201. The molecule has 0 aromatic heterocycles. The number of amides is 1. The van der Waals surface area contributed by atoms with E-state index >= 15 is 0 Å². The molecule has 5 heteroatoms. The van der Waals surface area contributed by atoms with Crippen LogP contribution in [0.4, 0.5) is 10.1 Å². The molecule has 1 fully saturated rings. The van der Waals surface area contributed by atoms with Crippen LogP contribution in [0.5, 0.6) is 5.75 Å². The first-order chi connectivity index (χ1) is 11.7. The number of para-hydroxylation sites is 1. The highest BCUT2D eigenvalue weighted by atomic mass is 19.1. The highest BCUT2D eigenvalue weighted by Gasteiger charge is 2.22. The Labute approximate surface area is 141 Å². The van der Waals surface area contributed by atoms with Crippen LogP contribution in [0, 0.1) is 5.82 Å². The smallest absolute Gasteiger partial charge is 0.227 e. The number of hydrogen-bond acceptors (Lipinski definition) is 3. The molecule has 0 bridgehead atoms. The lowest BCUT2D eigenvalue weighted by Crippen LogP contribution is -2.49. The summed E-state index contributed by atoms with van der Waals surface area (Å²) in [6, 6.07) is 14.5. The van der Waals surface area contributed by atoms with Gasteiger partial charge in [0.25, 0.3) is 0 Å². The third-order valence-corrected chi connectivity index (χ3v) is 4.34. The summed E-state index contributed by atoms with van der Waals surface area (Å²) < 4.78 is 18.6. The first-order valence-electron chi connectivity index (χ1n) is 8.07. The molecule has 2 aromatic carbocycles. The number of hydrogen-bond donors (Lipinski definition) is 0. The Balaban J connectivity index is 1.61. The molecule has 0 unspecified atom stereocenters. The third kappa shape index (κ3) is 3.67. The maximum absolute atomic E-state index is 13.4. The lowest BCUT2D eigenvalue weighted by molar-refractivity contribution is -0.130. The quantitative estimate of drug-likeness (QED) is 0.865. The number of carbonyl (C=O) groups excluding carboxylic acids is 1. The fraction of sp³-hybridized carbons (Fsp3) is 0.316. The van der Waals surface area contributed by atoms with Gasteiger partial charge in [0.05, 0.1) is 13.5 Å². The van der Waals surface area contributed by atoms with E-state index in [9.17, 15) is 9.18 Å². The fourth-order valence-corrected chi connectivity index (χ4v) is 3.01. The van der Waals surface area contributed by atoms with Crippen LogP contribution in [-0.2, 0) is 11.2 Å². The minimum Gasteiger partial charge on any atom is -0.496 e. The monoisotopic (exact) mass is 328 g/mol. The molecule has 1 heterocycles. The van der Waals surface area contributed by atoms with Crippen LogP contribution in [0.15, 0.2) is 48.5 Å². The Morgan fingerprint density at radius 3 is 2.46 bits per heavy atom. The third-order valence-electron chi connectivity index (χ3n) is 4.34. The summed E-state index contributed by atoms with van der Waals surface area (Å²) in [6.07, 6.45) is 0.159. The van der Waals surface area contributed by atoms with E-state index in [2.05, 4.69) is 17.0 Å². The van der Waals surface area contributed by atoms with Gasteiger partial charge in [-0.1, -0.05) is 18.2 Å². The van der Waals surface area contributed by atoms with Gasteiger partial charge in [0, 0.05) is 37.4 Å². The van der Waals surface area contributed by atoms with Crippen LogP contribution in [0.1, 0.15) is 5.56 Å². The van der Waals surface area contributed by atoms with E-state index in [0.29, 0.717) is 24.4 Å². The molecule has 0 saturated carbocycles. The Morgan fingerprint density at radius 1 is 1.08 bits per heavy atom. The van der Waals surface area contributed by atoms with Gasteiger partial charge < -0.3 is 14.5 Å². The van der Waals surface area contributed by atoms with Gasteiger partial charge in [-0.25, -0.2) is 4.39 Å². The van der Waals surface area contributed by atoms with Crippen molar-refractivity contribution in [3.63, 3.8) is 0 Å². The van der Waals surface area contributed by atoms with Crippen LogP contribution in [0.2, 0.25) is 0 Å².